The summed E-state index contributed by atoms with van der Waals surface area (Å²) in [5, 5.41) is 0.495. The zero-order chi connectivity index (χ0) is 22.9. The molecule has 1 aliphatic rings. The van der Waals surface area contributed by atoms with E-state index in [1.807, 2.05) is 36.1 Å². The van der Waals surface area contributed by atoms with Gasteiger partial charge in [-0.1, -0.05) is 12.1 Å². The predicted molar refractivity (Wildman–Crippen MR) is 125 cm³/mol. The van der Waals surface area contributed by atoms with Crippen LogP contribution in [0.25, 0.3) is 10.2 Å². The van der Waals surface area contributed by atoms with Gasteiger partial charge in [-0.25, -0.2) is 9.97 Å². The van der Waals surface area contributed by atoms with Crippen LogP contribution in [0.2, 0.25) is 0 Å². The first kappa shape index (κ1) is 21.4. The standard InChI is InChI=1S/C24H24N4O4S/c1-14-19-21(29)26-13-27-23(19)33-20(14)24(30)28-8-4-6-16(12-28)22-25-11-18(32-22)10-15-5-3-7-17(9-15)31-2/h3,5,7,9,11,13,16H,4,6,8,10,12H2,1-2H3,(H,26,27,29)/t16-/m1/s1. The Kier molecular flexibility index (Phi) is 5.72. The second-order valence-corrected chi connectivity index (χ2v) is 9.25. The molecule has 0 radical (unpaired) electrons. The maximum absolute atomic E-state index is 13.3. The van der Waals surface area contributed by atoms with Gasteiger partial charge >= 0.3 is 0 Å². The highest BCUT2D eigenvalue weighted by atomic mass is 32.1. The fourth-order valence-electron chi connectivity index (χ4n) is 4.37. The van der Waals surface area contributed by atoms with Crippen LogP contribution in [0.1, 0.15) is 51.2 Å². The molecule has 1 aliphatic heterocycles. The van der Waals surface area contributed by atoms with Gasteiger partial charge in [-0.05, 0) is 43.0 Å². The largest absolute Gasteiger partial charge is 0.497 e. The first-order valence-corrected chi connectivity index (χ1v) is 11.7. The van der Waals surface area contributed by atoms with Crippen molar-refractivity contribution >= 4 is 27.5 Å². The van der Waals surface area contributed by atoms with Crippen molar-refractivity contribution in [1.29, 1.82) is 0 Å². The Balaban J connectivity index is 1.32. The number of rotatable bonds is 5. The van der Waals surface area contributed by atoms with Crippen LogP contribution in [0.5, 0.6) is 5.75 Å². The van der Waals surface area contributed by atoms with E-state index < -0.39 is 0 Å². The number of amides is 1. The number of nitrogens with zero attached hydrogens (tertiary/aromatic N) is 3. The summed E-state index contributed by atoms with van der Waals surface area (Å²) in [6.07, 6.45) is 5.55. The number of H-pyrrole nitrogens is 1. The summed E-state index contributed by atoms with van der Waals surface area (Å²) in [6.45, 7) is 3.02. The van der Waals surface area contributed by atoms with Crippen LogP contribution < -0.4 is 10.3 Å². The molecule has 1 saturated heterocycles. The number of aromatic amines is 1. The summed E-state index contributed by atoms with van der Waals surface area (Å²) in [6, 6.07) is 7.87. The van der Waals surface area contributed by atoms with Crippen molar-refractivity contribution in [3.8, 4) is 5.75 Å². The molecular weight excluding hydrogens is 440 g/mol. The third kappa shape index (κ3) is 4.16. The smallest absolute Gasteiger partial charge is 0.264 e. The lowest BCUT2D eigenvalue weighted by atomic mass is 9.97. The maximum Gasteiger partial charge on any atom is 0.264 e. The Bertz CT molecular complexity index is 1370. The van der Waals surface area contributed by atoms with Gasteiger partial charge < -0.3 is 19.0 Å². The number of piperidine rings is 1. The van der Waals surface area contributed by atoms with E-state index in [-0.39, 0.29) is 17.4 Å². The van der Waals surface area contributed by atoms with Gasteiger partial charge in [0.15, 0.2) is 5.89 Å². The van der Waals surface area contributed by atoms with Crippen molar-refractivity contribution < 1.29 is 13.9 Å². The molecule has 170 valence electrons. The van der Waals surface area contributed by atoms with E-state index in [4.69, 9.17) is 9.15 Å². The molecule has 0 unspecified atom stereocenters. The second-order valence-electron chi connectivity index (χ2n) is 8.25. The third-order valence-corrected chi connectivity index (χ3v) is 7.26. The number of benzene rings is 1. The van der Waals surface area contributed by atoms with Gasteiger partial charge in [0.25, 0.3) is 11.5 Å². The minimum Gasteiger partial charge on any atom is -0.497 e. The monoisotopic (exact) mass is 464 g/mol. The van der Waals surface area contributed by atoms with Gasteiger partial charge in [-0.2, -0.15) is 0 Å². The lowest BCUT2D eigenvalue weighted by Crippen LogP contribution is -2.39. The Morgan fingerprint density at radius 2 is 2.24 bits per heavy atom. The molecule has 0 aliphatic carbocycles. The van der Waals surface area contributed by atoms with Crippen LogP contribution in [0, 0.1) is 6.92 Å². The van der Waals surface area contributed by atoms with Gasteiger partial charge in [0.05, 0.1) is 35.8 Å². The fourth-order valence-corrected chi connectivity index (χ4v) is 5.48. The second kappa shape index (κ2) is 8.82. The number of thiophene rings is 1. The van der Waals surface area contributed by atoms with Crippen molar-refractivity contribution in [3.05, 3.63) is 74.8 Å². The van der Waals surface area contributed by atoms with Crippen LogP contribution in [0.15, 0.2) is 46.0 Å². The zero-order valence-corrected chi connectivity index (χ0v) is 19.3. The van der Waals surface area contributed by atoms with Crippen molar-refractivity contribution in [3.63, 3.8) is 0 Å². The first-order valence-electron chi connectivity index (χ1n) is 10.9. The molecule has 5 rings (SSSR count). The number of hydrogen-bond acceptors (Lipinski definition) is 7. The van der Waals surface area contributed by atoms with Crippen LogP contribution in [0.3, 0.4) is 0 Å². The number of carbonyl (C=O) groups excluding carboxylic acids is 1. The average Bonchev–Trinajstić information content (AvgIpc) is 3.44. The van der Waals surface area contributed by atoms with E-state index in [0.717, 1.165) is 29.9 Å². The molecule has 1 aromatic carbocycles. The van der Waals surface area contributed by atoms with Crippen LogP contribution in [0.4, 0.5) is 0 Å². The number of methoxy groups -OCH3 is 1. The van der Waals surface area contributed by atoms with Crippen molar-refractivity contribution in [1.82, 2.24) is 19.9 Å². The SMILES string of the molecule is COc1cccc(Cc2cnc([C@@H]3CCCN(C(=O)c4sc5nc[nH]c(=O)c5c4C)C3)o2)c1. The van der Waals surface area contributed by atoms with Gasteiger partial charge in [-0.3, -0.25) is 9.59 Å². The summed E-state index contributed by atoms with van der Waals surface area (Å²) in [5.41, 5.74) is 1.56. The highest BCUT2D eigenvalue weighted by Crippen LogP contribution is 2.32. The molecule has 8 nitrogen and oxygen atoms in total. The van der Waals surface area contributed by atoms with Crippen molar-refractivity contribution in [2.75, 3.05) is 20.2 Å². The van der Waals surface area contributed by atoms with Crippen LogP contribution >= 0.6 is 11.3 Å². The topological polar surface area (TPSA) is 101 Å². The van der Waals surface area contributed by atoms with E-state index >= 15 is 0 Å². The number of hydrogen-bond donors (Lipinski definition) is 1. The third-order valence-electron chi connectivity index (χ3n) is 6.07. The number of oxazole rings is 1. The highest BCUT2D eigenvalue weighted by molar-refractivity contribution is 7.20. The molecule has 1 fully saturated rings. The number of ether oxygens (including phenoxy) is 1. The maximum atomic E-state index is 13.3. The van der Waals surface area contributed by atoms with E-state index in [0.29, 0.717) is 46.1 Å². The number of nitrogens with one attached hydrogen (secondary N) is 1. The molecule has 1 N–H and O–H groups in total. The van der Waals surface area contributed by atoms with Crippen LogP contribution in [-0.4, -0.2) is 46.0 Å². The molecule has 4 aromatic rings. The normalized spacial score (nSPS) is 16.3. The van der Waals surface area contributed by atoms with E-state index in [9.17, 15) is 9.59 Å². The Labute approximate surface area is 194 Å². The summed E-state index contributed by atoms with van der Waals surface area (Å²) in [5.74, 6) is 2.23. The number of aryl methyl sites for hydroxylation is 1. The highest BCUT2D eigenvalue weighted by Gasteiger charge is 2.30. The minimum absolute atomic E-state index is 0.0398. The fraction of sp³-hybridized carbons (Fsp3) is 0.333. The van der Waals surface area contributed by atoms with Gasteiger partial charge in [0, 0.05) is 19.5 Å². The van der Waals surface area contributed by atoms with Gasteiger partial charge in [0.2, 0.25) is 0 Å². The number of fused-ring (bicyclic) bond motifs is 1. The van der Waals surface area contributed by atoms with E-state index in [1.165, 1.54) is 17.7 Å². The lowest BCUT2D eigenvalue weighted by Gasteiger charge is -2.31. The number of aromatic nitrogens is 3. The van der Waals surface area contributed by atoms with E-state index in [2.05, 4.69) is 15.0 Å². The van der Waals surface area contributed by atoms with Gasteiger partial charge in [0.1, 0.15) is 16.3 Å². The molecule has 33 heavy (non-hydrogen) atoms. The number of likely N-dealkylation sites (tertiary alicyclic amines) is 1. The molecule has 9 heteroatoms. The van der Waals surface area contributed by atoms with Crippen LogP contribution in [-0.2, 0) is 6.42 Å². The molecule has 1 amide bonds. The molecule has 3 aromatic heterocycles. The van der Waals surface area contributed by atoms with Crippen molar-refractivity contribution in [2.45, 2.75) is 32.1 Å². The molecule has 0 bridgehead atoms. The molecule has 4 heterocycles. The average molecular weight is 465 g/mol. The molecule has 0 spiro atoms. The lowest BCUT2D eigenvalue weighted by molar-refractivity contribution is 0.0702. The Hall–Kier alpha value is -3.46. The molecule has 1 atom stereocenters. The summed E-state index contributed by atoms with van der Waals surface area (Å²) in [4.78, 5) is 39.8. The first-order chi connectivity index (χ1) is 16.0. The quantitative estimate of drug-likeness (QED) is 0.481. The summed E-state index contributed by atoms with van der Waals surface area (Å²) >= 11 is 1.27. The summed E-state index contributed by atoms with van der Waals surface area (Å²) < 4.78 is 11.4. The molecule has 0 saturated carbocycles. The Morgan fingerprint density at radius 3 is 3.06 bits per heavy atom. The van der Waals surface area contributed by atoms with E-state index in [1.54, 1.807) is 13.3 Å². The van der Waals surface area contributed by atoms with Crippen molar-refractivity contribution in [2.24, 2.45) is 0 Å². The predicted octanol–water partition coefficient (Wildman–Crippen LogP) is 3.90. The van der Waals surface area contributed by atoms with Gasteiger partial charge in [-0.15, -0.1) is 11.3 Å². The minimum atomic E-state index is -0.215. The Morgan fingerprint density at radius 1 is 1.36 bits per heavy atom. The molecular formula is C24H24N4O4S. The number of carbonyl (C=O) groups is 1. The summed E-state index contributed by atoms with van der Waals surface area (Å²) in [7, 11) is 1.65. The zero-order valence-electron chi connectivity index (χ0n) is 18.5.